The summed E-state index contributed by atoms with van der Waals surface area (Å²) >= 11 is 1.57. The summed E-state index contributed by atoms with van der Waals surface area (Å²) < 4.78 is 4.73. The van der Waals surface area contributed by atoms with Crippen LogP contribution in [0, 0.1) is 0 Å². The van der Waals surface area contributed by atoms with Gasteiger partial charge in [0, 0.05) is 4.88 Å². The summed E-state index contributed by atoms with van der Waals surface area (Å²) in [7, 11) is 0. The third-order valence-corrected chi connectivity index (χ3v) is 3.59. The van der Waals surface area contributed by atoms with Crippen molar-refractivity contribution in [3.05, 3.63) is 22.4 Å². The van der Waals surface area contributed by atoms with E-state index in [4.69, 9.17) is 10.5 Å². The summed E-state index contributed by atoms with van der Waals surface area (Å²) in [5.74, 6) is -1.19. The second-order valence-corrected chi connectivity index (χ2v) is 5.07. The maximum atomic E-state index is 11.9. The van der Waals surface area contributed by atoms with Gasteiger partial charge in [-0.3, -0.25) is 4.79 Å². The molecule has 0 bridgehead atoms. The molecule has 2 unspecified atom stereocenters. The van der Waals surface area contributed by atoms with Gasteiger partial charge in [0.15, 0.2) is 6.04 Å². The SMILES string of the molecule is CCCC(NC(=O)C(N)C(=O)OCC)c1cccs1. The van der Waals surface area contributed by atoms with Gasteiger partial charge in [0.25, 0.3) is 0 Å². The average molecular weight is 284 g/mol. The summed E-state index contributed by atoms with van der Waals surface area (Å²) in [6.45, 7) is 3.93. The van der Waals surface area contributed by atoms with Crippen molar-refractivity contribution in [2.45, 2.75) is 38.8 Å². The van der Waals surface area contributed by atoms with Crippen LogP contribution in [-0.2, 0) is 14.3 Å². The second-order valence-electron chi connectivity index (χ2n) is 4.09. The Labute approximate surface area is 117 Å². The molecule has 3 N–H and O–H groups in total. The van der Waals surface area contributed by atoms with Gasteiger partial charge < -0.3 is 15.8 Å². The van der Waals surface area contributed by atoms with Crippen molar-refractivity contribution >= 4 is 23.2 Å². The number of carbonyl (C=O) groups is 2. The lowest BCUT2D eigenvalue weighted by molar-refractivity contribution is -0.148. The molecule has 2 atom stereocenters. The fourth-order valence-corrected chi connectivity index (χ4v) is 2.48. The molecule has 5 nitrogen and oxygen atoms in total. The highest BCUT2D eigenvalue weighted by molar-refractivity contribution is 7.10. The number of amides is 1. The summed E-state index contributed by atoms with van der Waals surface area (Å²) in [4.78, 5) is 24.4. The van der Waals surface area contributed by atoms with Gasteiger partial charge in [0.2, 0.25) is 5.91 Å². The van der Waals surface area contributed by atoms with E-state index in [0.29, 0.717) is 0 Å². The van der Waals surface area contributed by atoms with E-state index < -0.39 is 17.9 Å². The lowest BCUT2D eigenvalue weighted by Gasteiger charge is -2.19. The molecule has 1 amide bonds. The number of ether oxygens (including phenoxy) is 1. The zero-order valence-electron chi connectivity index (χ0n) is 11.2. The lowest BCUT2D eigenvalue weighted by atomic mass is 10.1. The van der Waals surface area contributed by atoms with Gasteiger partial charge in [0.05, 0.1) is 12.6 Å². The number of carbonyl (C=O) groups excluding carboxylic acids is 2. The third kappa shape index (κ3) is 4.65. The predicted molar refractivity (Wildman–Crippen MR) is 74.7 cm³/mol. The molecule has 0 radical (unpaired) electrons. The molecule has 1 rings (SSSR count). The smallest absolute Gasteiger partial charge is 0.332 e. The van der Waals surface area contributed by atoms with E-state index in [-0.39, 0.29) is 12.6 Å². The van der Waals surface area contributed by atoms with Gasteiger partial charge in [-0.2, -0.15) is 0 Å². The van der Waals surface area contributed by atoms with Gasteiger partial charge in [-0.05, 0) is 24.8 Å². The number of thiophene rings is 1. The highest BCUT2D eigenvalue weighted by Gasteiger charge is 2.26. The first-order valence-corrected chi connectivity index (χ1v) is 7.24. The van der Waals surface area contributed by atoms with Gasteiger partial charge in [-0.25, -0.2) is 4.79 Å². The summed E-state index contributed by atoms with van der Waals surface area (Å²) in [5.41, 5.74) is 5.56. The van der Waals surface area contributed by atoms with Crippen molar-refractivity contribution in [2.75, 3.05) is 6.61 Å². The van der Waals surface area contributed by atoms with Crippen molar-refractivity contribution in [2.24, 2.45) is 5.73 Å². The maximum Gasteiger partial charge on any atom is 0.332 e. The minimum Gasteiger partial charge on any atom is -0.464 e. The molecule has 0 aromatic carbocycles. The van der Waals surface area contributed by atoms with E-state index in [2.05, 4.69) is 5.32 Å². The van der Waals surface area contributed by atoms with Crippen molar-refractivity contribution in [3.8, 4) is 0 Å². The van der Waals surface area contributed by atoms with E-state index in [1.54, 1.807) is 18.3 Å². The Morgan fingerprint density at radius 1 is 1.47 bits per heavy atom. The highest BCUT2D eigenvalue weighted by Crippen LogP contribution is 2.23. The Morgan fingerprint density at radius 2 is 2.21 bits per heavy atom. The number of hydrogen-bond donors (Lipinski definition) is 2. The molecule has 1 aromatic rings. The third-order valence-electron chi connectivity index (χ3n) is 2.60. The van der Waals surface area contributed by atoms with Crippen molar-refractivity contribution in [1.82, 2.24) is 5.32 Å². The number of nitrogens with one attached hydrogen (secondary N) is 1. The molecule has 6 heteroatoms. The predicted octanol–water partition coefficient (Wildman–Crippen LogP) is 1.60. The van der Waals surface area contributed by atoms with Crippen LogP contribution in [0.25, 0.3) is 0 Å². The molecule has 0 aliphatic rings. The van der Waals surface area contributed by atoms with E-state index in [9.17, 15) is 9.59 Å². The second kappa shape index (κ2) is 7.91. The Bertz CT molecular complexity index is 406. The Balaban J connectivity index is 2.64. The van der Waals surface area contributed by atoms with Crippen molar-refractivity contribution in [3.63, 3.8) is 0 Å². The molecule has 0 aliphatic heterocycles. The van der Waals surface area contributed by atoms with E-state index >= 15 is 0 Å². The molecule has 0 spiro atoms. The normalized spacial score (nSPS) is 13.6. The minimum atomic E-state index is -1.26. The van der Waals surface area contributed by atoms with Crippen LogP contribution in [0.3, 0.4) is 0 Å². The molecule has 1 heterocycles. The zero-order chi connectivity index (χ0) is 14.3. The van der Waals surface area contributed by atoms with Crippen LogP contribution in [0.4, 0.5) is 0 Å². The Hall–Kier alpha value is -1.40. The fraction of sp³-hybridized carbons (Fsp3) is 0.538. The molecular weight excluding hydrogens is 264 g/mol. The molecule has 1 aromatic heterocycles. The molecule has 0 fully saturated rings. The van der Waals surface area contributed by atoms with Crippen LogP contribution in [0.1, 0.15) is 37.6 Å². The molecular formula is C13H20N2O3S. The van der Waals surface area contributed by atoms with Gasteiger partial charge in [-0.15, -0.1) is 11.3 Å². The standard InChI is InChI=1S/C13H20N2O3S/c1-3-6-9(10-7-5-8-19-10)15-12(16)11(14)13(17)18-4-2/h5,7-9,11H,3-4,6,14H2,1-2H3,(H,15,16). The average Bonchev–Trinajstić information content (AvgIpc) is 2.91. The van der Waals surface area contributed by atoms with E-state index in [1.807, 2.05) is 24.4 Å². The maximum absolute atomic E-state index is 11.9. The van der Waals surface area contributed by atoms with Crippen LogP contribution in [0.5, 0.6) is 0 Å². The van der Waals surface area contributed by atoms with E-state index in [1.165, 1.54) is 0 Å². The minimum absolute atomic E-state index is 0.0991. The Morgan fingerprint density at radius 3 is 2.74 bits per heavy atom. The lowest BCUT2D eigenvalue weighted by Crippen LogP contribution is -2.47. The van der Waals surface area contributed by atoms with Gasteiger partial charge in [0.1, 0.15) is 0 Å². The summed E-state index contributed by atoms with van der Waals surface area (Å²) in [5, 5.41) is 4.76. The van der Waals surface area contributed by atoms with Crippen LogP contribution < -0.4 is 11.1 Å². The number of hydrogen-bond acceptors (Lipinski definition) is 5. The first-order valence-electron chi connectivity index (χ1n) is 6.36. The van der Waals surface area contributed by atoms with Crippen LogP contribution >= 0.6 is 11.3 Å². The first kappa shape index (κ1) is 15.7. The number of rotatable bonds is 7. The molecule has 0 saturated carbocycles. The zero-order valence-corrected chi connectivity index (χ0v) is 12.0. The first-order chi connectivity index (χ1) is 9.10. The van der Waals surface area contributed by atoms with Crippen LogP contribution in [-0.4, -0.2) is 24.5 Å². The molecule has 19 heavy (non-hydrogen) atoms. The Kier molecular flexibility index (Phi) is 6.52. The molecule has 0 saturated heterocycles. The quantitative estimate of drug-likeness (QED) is 0.588. The summed E-state index contributed by atoms with van der Waals surface area (Å²) in [6, 6.07) is 2.53. The van der Waals surface area contributed by atoms with Gasteiger partial charge >= 0.3 is 5.97 Å². The monoisotopic (exact) mass is 284 g/mol. The van der Waals surface area contributed by atoms with Gasteiger partial charge in [-0.1, -0.05) is 19.4 Å². The highest BCUT2D eigenvalue weighted by atomic mass is 32.1. The molecule has 0 aliphatic carbocycles. The number of esters is 1. The van der Waals surface area contributed by atoms with Crippen LogP contribution in [0.2, 0.25) is 0 Å². The number of nitrogens with two attached hydrogens (primary N) is 1. The van der Waals surface area contributed by atoms with Crippen LogP contribution in [0.15, 0.2) is 17.5 Å². The van der Waals surface area contributed by atoms with Crippen molar-refractivity contribution < 1.29 is 14.3 Å². The van der Waals surface area contributed by atoms with E-state index in [0.717, 1.165) is 17.7 Å². The largest absolute Gasteiger partial charge is 0.464 e. The fourth-order valence-electron chi connectivity index (χ4n) is 1.66. The summed E-state index contributed by atoms with van der Waals surface area (Å²) in [6.07, 6.45) is 1.74. The van der Waals surface area contributed by atoms with Crippen molar-refractivity contribution in [1.29, 1.82) is 0 Å². The molecule has 106 valence electrons. The topological polar surface area (TPSA) is 81.4 Å².